The maximum Gasteiger partial charge on any atom is 0.416 e. The number of rotatable bonds is 5. The number of hydrogen-bond acceptors (Lipinski definition) is 4. The fraction of sp³-hybridized carbons (Fsp3) is 0.286. The van der Waals surface area contributed by atoms with Crippen molar-refractivity contribution in [2.45, 2.75) is 24.1 Å². The fourth-order valence-electron chi connectivity index (χ4n) is 1.91. The van der Waals surface area contributed by atoms with Gasteiger partial charge in [-0.1, -0.05) is 0 Å². The summed E-state index contributed by atoms with van der Waals surface area (Å²) in [6, 6.07) is 4.97. The Balaban J connectivity index is 2.09. The van der Waals surface area contributed by atoms with E-state index in [9.17, 15) is 26.7 Å². The highest BCUT2D eigenvalue weighted by Gasteiger charge is 2.30. The van der Waals surface area contributed by atoms with Gasteiger partial charge in [0.2, 0.25) is 10.0 Å². The van der Waals surface area contributed by atoms with E-state index in [-0.39, 0.29) is 11.4 Å². The van der Waals surface area contributed by atoms with Gasteiger partial charge in [-0.15, -0.1) is 11.3 Å². The van der Waals surface area contributed by atoms with Gasteiger partial charge in [0.05, 0.1) is 10.5 Å². The number of hydrogen-bond donors (Lipinski definition) is 2. The second-order valence-corrected chi connectivity index (χ2v) is 7.57. The average Bonchev–Trinajstić information content (AvgIpc) is 2.90. The molecule has 0 saturated carbocycles. The van der Waals surface area contributed by atoms with E-state index in [1.807, 2.05) is 0 Å². The molecule has 1 aromatic carbocycles. The predicted octanol–water partition coefficient (Wildman–Crippen LogP) is 3.09. The highest BCUT2D eigenvalue weighted by molar-refractivity contribution is 7.89. The molecule has 2 N–H and O–H groups in total. The van der Waals surface area contributed by atoms with E-state index in [4.69, 9.17) is 0 Å². The number of aryl methyl sites for hydroxylation is 1. The molecule has 0 amide bonds. The van der Waals surface area contributed by atoms with Gasteiger partial charge >= 0.3 is 6.18 Å². The van der Waals surface area contributed by atoms with Crippen LogP contribution in [0.2, 0.25) is 0 Å². The van der Waals surface area contributed by atoms with Crippen molar-refractivity contribution in [3.63, 3.8) is 0 Å². The molecule has 0 bridgehead atoms. The zero-order valence-electron chi connectivity index (χ0n) is 12.0. The van der Waals surface area contributed by atoms with Crippen molar-refractivity contribution in [1.29, 1.82) is 0 Å². The van der Waals surface area contributed by atoms with Crippen molar-refractivity contribution < 1.29 is 26.7 Å². The van der Waals surface area contributed by atoms with Crippen LogP contribution in [0, 0.1) is 6.92 Å². The van der Waals surface area contributed by atoms with Crippen LogP contribution in [0.25, 0.3) is 0 Å². The molecule has 0 aliphatic heterocycles. The lowest BCUT2D eigenvalue weighted by atomic mass is 10.2. The first-order chi connectivity index (χ1) is 10.6. The Bertz CT molecular complexity index is 767. The lowest BCUT2D eigenvalue weighted by Crippen LogP contribution is -2.28. The topological polar surface area (TPSA) is 66.4 Å². The number of aliphatic hydroxyl groups excluding tert-OH is 1. The number of alkyl halides is 3. The summed E-state index contributed by atoms with van der Waals surface area (Å²) in [6.07, 6.45) is -5.54. The minimum Gasteiger partial charge on any atom is -0.386 e. The molecule has 1 atom stereocenters. The van der Waals surface area contributed by atoms with Crippen molar-refractivity contribution in [3.05, 3.63) is 51.7 Å². The molecular weight excluding hydrogens is 351 g/mol. The van der Waals surface area contributed by atoms with Crippen LogP contribution in [0.1, 0.15) is 22.1 Å². The molecule has 1 heterocycles. The molecular formula is C14H14F3NO3S2. The summed E-state index contributed by atoms with van der Waals surface area (Å²) < 4.78 is 63.7. The first-order valence-electron chi connectivity index (χ1n) is 6.50. The van der Waals surface area contributed by atoms with Gasteiger partial charge in [0.1, 0.15) is 6.10 Å². The summed E-state index contributed by atoms with van der Waals surface area (Å²) in [5.41, 5.74) is -0.0816. The quantitative estimate of drug-likeness (QED) is 0.856. The number of halogens is 3. The van der Waals surface area contributed by atoms with E-state index in [1.165, 1.54) is 11.3 Å². The van der Waals surface area contributed by atoms with Gasteiger partial charge in [-0.25, -0.2) is 13.1 Å². The van der Waals surface area contributed by atoms with Crippen molar-refractivity contribution >= 4 is 21.4 Å². The SMILES string of the molecule is Cc1ccsc1[C@H](O)CNS(=O)(=O)c1ccc(C(F)(F)F)cc1. The van der Waals surface area contributed by atoms with Gasteiger partial charge < -0.3 is 5.11 Å². The van der Waals surface area contributed by atoms with Crippen LogP contribution in [0.4, 0.5) is 13.2 Å². The van der Waals surface area contributed by atoms with Crippen LogP contribution >= 0.6 is 11.3 Å². The normalized spacial score (nSPS) is 14.0. The molecule has 23 heavy (non-hydrogen) atoms. The van der Waals surface area contributed by atoms with Crippen LogP contribution in [-0.2, 0) is 16.2 Å². The van der Waals surface area contributed by atoms with Crippen molar-refractivity contribution in [2.24, 2.45) is 0 Å². The highest BCUT2D eigenvalue weighted by atomic mass is 32.2. The molecule has 0 unspecified atom stereocenters. The molecule has 0 aliphatic rings. The molecule has 2 aromatic rings. The first-order valence-corrected chi connectivity index (χ1v) is 8.86. The van der Waals surface area contributed by atoms with E-state index in [2.05, 4.69) is 4.72 Å². The van der Waals surface area contributed by atoms with Crippen LogP contribution in [0.15, 0.2) is 40.6 Å². The Morgan fingerprint density at radius 1 is 1.22 bits per heavy atom. The highest BCUT2D eigenvalue weighted by Crippen LogP contribution is 2.29. The third kappa shape index (κ3) is 4.31. The molecule has 126 valence electrons. The van der Waals surface area contributed by atoms with E-state index in [1.54, 1.807) is 18.4 Å². The maximum atomic E-state index is 12.5. The van der Waals surface area contributed by atoms with Crippen LogP contribution in [0.3, 0.4) is 0 Å². The number of sulfonamides is 1. The van der Waals surface area contributed by atoms with Gasteiger partial charge in [-0.3, -0.25) is 0 Å². The molecule has 0 radical (unpaired) electrons. The molecule has 4 nitrogen and oxygen atoms in total. The zero-order valence-corrected chi connectivity index (χ0v) is 13.6. The van der Waals surface area contributed by atoms with E-state index < -0.39 is 27.9 Å². The van der Waals surface area contributed by atoms with Crippen LogP contribution < -0.4 is 4.72 Å². The number of nitrogens with one attached hydrogen (secondary N) is 1. The summed E-state index contributed by atoms with van der Waals surface area (Å²) in [5, 5.41) is 11.8. The smallest absolute Gasteiger partial charge is 0.386 e. The Labute approximate surface area is 135 Å². The first kappa shape index (κ1) is 17.9. The summed E-state index contributed by atoms with van der Waals surface area (Å²) >= 11 is 1.30. The number of benzene rings is 1. The molecule has 0 fully saturated rings. The van der Waals surface area contributed by atoms with E-state index in [0.29, 0.717) is 17.0 Å². The van der Waals surface area contributed by atoms with E-state index in [0.717, 1.165) is 17.7 Å². The lowest BCUT2D eigenvalue weighted by Gasteiger charge is -2.13. The largest absolute Gasteiger partial charge is 0.416 e. The summed E-state index contributed by atoms with van der Waals surface area (Å²) in [7, 11) is -3.99. The van der Waals surface area contributed by atoms with Gasteiger partial charge in [0, 0.05) is 11.4 Å². The molecule has 9 heteroatoms. The Kier molecular flexibility index (Phi) is 5.14. The molecule has 0 aliphatic carbocycles. The van der Waals surface area contributed by atoms with E-state index >= 15 is 0 Å². The Morgan fingerprint density at radius 2 is 1.83 bits per heavy atom. The minimum atomic E-state index is -4.53. The Morgan fingerprint density at radius 3 is 2.30 bits per heavy atom. The minimum absolute atomic E-state index is 0.259. The third-order valence-electron chi connectivity index (χ3n) is 3.16. The van der Waals surface area contributed by atoms with Crippen molar-refractivity contribution in [3.8, 4) is 0 Å². The zero-order chi connectivity index (χ0) is 17.3. The summed E-state index contributed by atoms with van der Waals surface area (Å²) in [6.45, 7) is 1.53. The van der Waals surface area contributed by atoms with Gasteiger partial charge in [0.15, 0.2) is 0 Å². The van der Waals surface area contributed by atoms with Crippen molar-refractivity contribution in [1.82, 2.24) is 4.72 Å². The fourth-order valence-corrected chi connectivity index (χ4v) is 3.87. The summed E-state index contributed by atoms with van der Waals surface area (Å²) in [5.74, 6) is 0. The average molecular weight is 365 g/mol. The maximum absolute atomic E-state index is 12.5. The van der Waals surface area contributed by atoms with Crippen molar-refractivity contribution in [2.75, 3.05) is 6.54 Å². The molecule has 0 spiro atoms. The Hall–Kier alpha value is -1.42. The third-order valence-corrected chi connectivity index (χ3v) is 5.72. The molecule has 1 aromatic heterocycles. The van der Waals surface area contributed by atoms with Crippen LogP contribution in [-0.4, -0.2) is 20.1 Å². The summed E-state index contributed by atoms with van der Waals surface area (Å²) in [4.78, 5) is 0.348. The predicted molar refractivity (Wildman–Crippen MR) is 80.6 cm³/mol. The molecule has 2 rings (SSSR count). The van der Waals surface area contributed by atoms with Gasteiger partial charge in [-0.05, 0) is 48.2 Å². The second kappa shape index (κ2) is 6.60. The van der Waals surface area contributed by atoms with Crippen LogP contribution in [0.5, 0.6) is 0 Å². The molecule has 0 saturated heterocycles. The standard InChI is InChI=1S/C14H14F3NO3S2/c1-9-6-7-22-13(9)12(19)8-18-23(20,21)11-4-2-10(3-5-11)14(15,16)17/h2-7,12,18-19H,8H2,1H3/t12-/m1/s1. The lowest BCUT2D eigenvalue weighted by molar-refractivity contribution is -0.137. The second-order valence-electron chi connectivity index (χ2n) is 4.86. The van der Waals surface area contributed by atoms with Gasteiger partial charge in [0.25, 0.3) is 0 Å². The number of thiophene rings is 1. The number of aliphatic hydroxyl groups is 1. The monoisotopic (exact) mass is 365 g/mol. The van der Waals surface area contributed by atoms with Gasteiger partial charge in [-0.2, -0.15) is 13.2 Å².